The number of benzene rings is 1. The van der Waals surface area contributed by atoms with E-state index in [4.69, 9.17) is 4.99 Å². The van der Waals surface area contributed by atoms with Gasteiger partial charge in [0.1, 0.15) is 0 Å². The van der Waals surface area contributed by atoms with Crippen LogP contribution in [0.3, 0.4) is 0 Å². The molecular weight excluding hydrogens is 360 g/mol. The Morgan fingerprint density at radius 2 is 2.03 bits per heavy atom. The number of nitrogens with zero attached hydrogens (tertiary/aromatic N) is 2. The molecule has 164 valence electrons. The van der Waals surface area contributed by atoms with E-state index in [0.29, 0.717) is 23.9 Å². The number of guanidine groups is 1. The van der Waals surface area contributed by atoms with E-state index in [0.717, 1.165) is 57.8 Å². The van der Waals surface area contributed by atoms with Crippen molar-refractivity contribution in [3.05, 3.63) is 35.9 Å². The number of piperidine rings is 1. The molecule has 3 N–H and O–H groups in total. The lowest BCUT2D eigenvalue weighted by molar-refractivity contribution is 0.134. The molecule has 2 rings (SSSR count). The zero-order valence-corrected chi connectivity index (χ0v) is 18.9. The molecule has 5 nitrogen and oxygen atoms in total. The molecule has 5 heteroatoms. The quantitative estimate of drug-likeness (QED) is 0.413. The molecular formula is C24H42N4O. The first kappa shape index (κ1) is 23.7. The number of nitrogens with one attached hydrogen (secondary N) is 2. The zero-order valence-electron chi connectivity index (χ0n) is 18.9. The number of rotatable bonds is 10. The van der Waals surface area contributed by atoms with Gasteiger partial charge in [0.25, 0.3) is 0 Å². The zero-order chi connectivity index (χ0) is 21.1. The Bertz CT molecular complexity index is 590. The number of hydrogen-bond acceptors (Lipinski definition) is 3. The smallest absolute Gasteiger partial charge is 0.191 e. The molecule has 29 heavy (non-hydrogen) atoms. The Morgan fingerprint density at radius 1 is 1.28 bits per heavy atom. The van der Waals surface area contributed by atoms with Gasteiger partial charge in [-0.3, -0.25) is 9.89 Å². The highest BCUT2D eigenvalue weighted by molar-refractivity contribution is 5.80. The second kappa shape index (κ2) is 12.9. The van der Waals surface area contributed by atoms with Gasteiger partial charge >= 0.3 is 0 Å². The maximum Gasteiger partial charge on any atom is 0.191 e. The van der Waals surface area contributed by atoms with Crippen molar-refractivity contribution in [1.29, 1.82) is 0 Å². The van der Waals surface area contributed by atoms with Gasteiger partial charge in [0.05, 0.1) is 0 Å². The lowest BCUT2D eigenvalue weighted by atomic mass is 9.94. The van der Waals surface area contributed by atoms with E-state index < -0.39 is 0 Å². The van der Waals surface area contributed by atoms with Crippen molar-refractivity contribution < 1.29 is 5.11 Å². The van der Waals surface area contributed by atoms with Crippen LogP contribution < -0.4 is 10.6 Å². The fourth-order valence-corrected chi connectivity index (χ4v) is 4.27. The van der Waals surface area contributed by atoms with Crippen molar-refractivity contribution >= 4 is 5.96 Å². The van der Waals surface area contributed by atoms with Gasteiger partial charge in [-0.2, -0.15) is 0 Å². The number of aliphatic imine (C=N–C) groups is 1. The van der Waals surface area contributed by atoms with E-state index in [-0.39, 0.29) is 6.61 Å². The third-order valence-electron chi connectivity index (χ3n) is 5.78. The lowest BCUT2D eigenvalue weighted by Crippen LogP contribution is -2.51. The van der Waals surface area contributed by atoms with Gasteiger partial charge in [-0.25, -0.2) is 0 Å². The summed E-state index contributed by atoms with van der Waals surface area (Å²) in [5.41, 5.74) is 1.39. The summed E-state index contributed by atoms with van der Waals surface area (Å²) in [6.45, 7) is 12.9. The predicted molar refractivity (Wildman–Crippen MR) is 123 cm³/mol. The SMILES string of the molecule is CCNC(=NCC(CCO)CC(C)C)NC1CCN(Cc2ccccc2)C(C)C1. The van der Waals surface area contributed by atoms with Gasteiger partial charge < -0.3 is 15.7 Å². The van der Waals surface area contributed by atoms with Crippen molar-refractivity contribution in [2.75, 3.05) is 26.2 Å². The molecule has 0 aromatic heterocycles. The molecule has 3 unspecified atom stereocenters. The molecule has 0 aliphatic carbocycles. The third kappa shape index (κ3) is 8.75. The van der Waals surface area contributed by atoms with Crippen molar-refractivity contribution in [2.45, 2.75) is 72.0 Å². The Kier molecular flexibility index (Phi) is 10.5. The van der Waals surface area contributed by atoms with Gasteiger partial charge in [-0.1, -0.05) is 44.2 Å². The highest BCUT2D eigenvalue weighted by Gasteiger charge is 2.26. The maximum absolute atomic E-state index is 9.35. The van der Waals surface area contributed by atoms with Crippen molar-refractivity contribution in [3.63, 3.8) is 0 Å². The molecule has 0 bridgehead atoms. The van der Waals surface area contributed by atoms with Gasteiger partial charge in [-0.15, -0.1) is 0 Å². The summed E-state index contributed by atoms with van der Waals surface area (Å²) < 4.78 is 0. The van der Waals surface area contributed by atoms with Crippen molar-refractivity contribution in [2.24, 2.45) is 16.8 Å². The van der Waals surface area contributed by atoms with E-state index in [9.17, 15) is 5.11 Å². The Morgan fingerprint density at radius 3 is 2.66 bits per heavy atom. The molecule has 0 saturated carbocycles. The normalized spacial score (nSPS) is 21.9. The third-order valence-corrected chi connectivity index (χ3v) is 5.78. The van der Waals surface area contributed by atoms with Crippen molar-refractivity contribution in [1.82, 2.24) is 15.5 Å². The van der Waals surface area contributed by atoms with Crippen LogP contribution in [0.25, 0.3) is 0 Å². The van der Waals surface area contributed by atoms with Crippen LogP contribution in [-0.2, 0) is 6.54 Å². The fourth-order valence-electron chi connectivity index (χ4n) is 4.27. The Labute approximate surface area is 178 Å². The average Bonchev–Trinajstić information content (AvgIpc) is 2.69. The maximum atomic E-state index is 9.35. The predicted octanol–water partition coefficient (Wildman–Crippen LogP) is 3.64. The standard InChI is InChI=1S/C24H42N4O/c1-5-25-24(26-17-22(12-14-29)15-19(2)3)27-23-11-13-28(20(4)16-23)18-21-9-7-6-8-10-21/h6-10,19-20,22-23,29H,5,11-18H2,1-4H3,(H2,25,26,27). The van der Waals surface area contributed by atoms with Crippen LogP contribution in [0.1, 0.15) is 58.9 Å². The number of likely N-dealkylation sites (tertiary alicyclic amines) is 1. The Hall–Kier alpha value is -1.59. The van der Waals surface area contributed by atoms with E-state index in [1.807, 2.05) is 0 Å². The minimum Gasteiger partial charge on any atom is -0.396 e. The summed E-state index contributed by atoms with van der Waals surface area (Å²) >= 11 is 0. The molecule has 1 aromatic carbocycles. The molecule has 1 aliphatic heterocycles. The van der Waals surface area contributed by atoms with Crippen LogP contribution in [0.4, 0.5) is 0 Å². The Balaban J connectivity index is 1.88. The number of hydrogen-bond donors (Lipinski definition) is 3. The first-order valence-electron chi connectivity index (χ1n) is 11.5. The summed E-state index contributed by atoms with van der Waals surface area (Å²) in [5, 5.41) is 16.4. The second-order valence-corrected chi connectivity index (χ2v) is 8.90. The van der Waals surface area contributed by atoms with Gasteiger partial charge in [0, 0.05) is 44.9 Å². The summed E-state index contributed by atoms with van der Waals surface area (Å²) in [7, 11) is 0. The molecule has 1 saturated heterocycles. The largest absolute Gasteiger partial charge is 0.396 e. The van der Waals surface area contributed by atoms with E-state index >= 15 is 0 Å². The van der Waals surface area contributed by atoms with Gasteiger partial charge in [-0.05, 0) is 56.9 Å². The minimum absolute atomic E-state index is 0.244. The first-order valence-corrected chi connectivity index (χ1v) is 11.5. The molecule has 1 aliphatic rings. The fraction of sp³-hybridized carbons (Fsp3) is 0.708. The van der Waals surface area contributed by atoms with Crippen LogP contribution >= 0.6 is 0 Å². The summed E-state index contributed by atoms with van der Waals surface area (Å²) in [6.07, 6.45) is 4.20. The van der Waals surface area contributed by atoms with Gasteiger partial charge in [0.2, 0.25) is 0 Å². The van der Waals surface area contributed by atoms with Crippen LogP contribution in [0.2, 0.25) is 0 Å². The van der Waals surface area contributed by atoms with Crippen molar-refractivity contribution in [3.8, 4) is 0 Å². The van der Waals surface area contributed by atoms with Crippen LogP contribution in [0.5, 0.6) is 0 Å². The first-order chi connectivity index (χ1) is 14.0. The van der Waals surface area contributed by atoms with E-state index in [1.54, 1.807) is 0 Å². The topological polar surface area (TPSA) is 59.9 Å². The summed E-state index contributed by atoms with van der Waals surface area (Å²) in [5.74, 6) is 2.00. The molecule has 0 amide bonds. The second-order valence-electron chi connectivity index (χ2n) is 8.90. The lowest BCUT2D eigenvalue weighted by Gasteiger charge is -2.38. The highest BCUT2D eigenvalue weighted by atomic mass is 16.3. The molecule has 0 spiro atoms. The van der Waals surface area contributed by atoms with Crippen LogP contribution in [0.15, 0.2) is 35.3 Å². The molecule has 3 atom stereocenters. The van der Waals surface area contributed by atoms with Gasteiger partial charge in [0.15, 0.2) is 5.96 Å². The summed E-state index contributed by atoms with van der Waals surface area (Å²) in [6, 6.07) is 11.8. The molecule has 1 heterocycles. The average molecular weight is 403 g/mol. The summed E-state index contributed by atoms with van der Waals surface area (Å²) in [4.78, 5) is 7.44. The highest BCUT2D eigenvalue weighted by Crippen LogP contribution is 2.20. The molecule has 0 radical (unpaired) electrons. The molecule has 1 fully saturated rings. The molecule has 1 aromatic rings. The number of aliphatic hydroxyl groups excluding tert-OH is 1. The van der Waals surface area contributed by atoms with Crippen LogP contribution in [0, 0.1) is 11.8 Å². The monoisotopic (exact) mass is 402 g/mol. The van der Waals surface area contributed by atoms with E-state index in [1.165, 1.54) is 5.56 Å². The van der Waals surface area contributed by atoms with Crippen LogP contribution in [-0.4, -0.2) is 54.3 Å². The minimum atomic E-state index is 0.244. The van der Waals surface area contributed by atoms with E-state index in [2.05, 4.69) is 73.6 Å². The number of aliphatic hydroxyl groups is 1.